The number of hydrogen-bond acceptors (Lipinski definition) is 7. The normalized spacial score (nSPS) is 11.7. The molecule has 0 bridgehead atoms. The van der Waals surface area contributed by atoms with E-state index in [9.17, 15) is 22.9 Å². The van der Waals surface area contributed by atoms with Crippen LogP contribution in [0.3, 0.4) is 0 Å². The second-order valence-electron chi connectivity index (χ2n) is 3.83. The summed E-state index contributed by atoms with van der Waals surface area (Å²) in [7, 11) is -4.67. The third-order valence-corrected chi connectivity index (χ3v) is 3.07. The Bertz CT molecular complexity index is 794. The van der Waals surface area contributed by atoms with Gasteiger partial charge in [0.1, 0.15) is 11.5 Å². The van der Waals surface area contributed by atoms with Gasteiger partial charge in [0, 0.05) is 0 Å². The molecule has 0 aliphatic heterocycles. The van der Waals surface area contributed by atoms with Gasteiger partial charge in [-0.05, 0) is 24.3 Å². The molecular weight excluding hydrogens is 300 g/mol. The Morgan fingerprint density at radius 2 is 2.00 bits per heavy atom. The van der Waals surface area contributed by atoms with Crippen molar-refractivity contribution >= 4 is 22.2 Å². The predicted octanol–water partition coefficient (Wildman–Crippen LogP) is 0.653. The first-order chi connectivity index (χ1) is 9.88. The lowest BCUT2D eigenvalue weighted by Gasteiger charge is -2.01. The second kappa shape index (κ2) is 5.77. The lowest BCUT2D eigenvalue weighted by atomic mass is 10.2. The Morgan fingerprint density at radius 3 is 2.62 bits per heavy atom. The van der Waals surface area contributed by atoms with Crippen LogP contribution in [0.1, 0.15) is 16.1 Å². The largest absolute Gasteiger partial charge is 0.742 e. The van der Waals surface area contributed by atoms with Crippen molar-refractivity contribution in [2.45, 2.75) is 5.09 Å². The van der Waals surface area contributed by atoms with Gasteiger partial charge in [0.2, 0.25) is 5.09 Å². The van der Waals surface area contributed by atoms with Crippen LogP contribution in [-0.2, 0) is 10.1 Å². The third-order valence-electron chi connectivity index (χ3n) is 2.36. The maximum atomic E-state index is 11.7. The summed E-state index contributed by atoms with van der Waals surface area (Å²) in [6.45, 7) is 0. The molecule has 0 aliphatic carbocycles. The van der Waals surface area contributed by atoms with Crippen LogP contribution in [0, 0.1) is 0 Å². The topological polar surface area (TPSA) is 132 Å². The van der Waals surface area contributed by atoms with Crippen molar-refractivity contribution in [1.29, 1.82) is 0 Å². The van der Waals surface area contributed by atoms with E-state index in [-0.39, 0.29) is 17.1 Å². The van der Waals surface area contributed by atoms with Crippen molar-refractivity contribution in [2.75, 3.05) is 0 Å². The molecule has 2 N–H and O–H groups in total. The summed E-state index contributed by atoms with van der Waals surface area (Å²) in [5, 5.41) is 12.2. The first-order valence-corrected chi connectivity index (χ1v) is 6.96. The van der Waals surface area contributed by atoms with Crippen molar-refractivity contribution in [3.05, 3.63) is 47.7 Å². The van der Waals surface area contributed by atoms with Gasteiger partial charge in [-0.2, -0.15) is 5.10 Å². The van der Waals surface area contributed by atoms with Gasteiger partial charge >= 0.3 is 0 Å². The standard InChI is InChI=1S/C12H10N2O6S/c15-10-4-2-1-3-9(10)12(16)14-13-7-8-5-6-11(20-8)21(17,18)19/h1-7,15H,(H,14,16)(H,17,18,19)/p-1. The number of nitrogens with zero attached hydrogens (tertiary/aromatic N) is 1. The molecule has 0 fully saturated rings. The highest BCUT2D eigenvalue weighted by atomic mass is 32.2. The number of phenolic OH excluding ortho intramolecular Hbond substituents is 1. The molecule has 110 valence electrons. The molecule has 0 unspecified atom stereocenters. The minimum Gasteiger partial charge on any atom is -0.742 e. The summed E-state index contributed by atoms with van der Waals surface area (Å²) < 4.78 is 36.7. The molecule has 1 heterocycles. The van der Waals surface area contributed by atoms with Crippen molar-refractivity contribution < 1.29 is 27.3 Å². The molecule has 0 saturated carbocycles. The minimum absolute atomic E-state index is 0.0249. The summed E-state index contributed by atoms with van der Waals surface area (Å²) in [6, 6.07) is 8.06. The van der Waals surface area contributed by atoms with Gasteiger partial charge in [-0.3, -0.25) is 4.79 Å². The molecule has 0 saturated heterocycles. The number of para-hydroxylation sites is 1. The molecule has 2 rings (SSSR count). The molecule has 1 aromatic carbocycles. The fraction of sp³-hybridized carbons (Fsp3) is 0. The number of nitrogens with one attached hydrogen (secondary N) is 1. The molecular formula is C12H9N2O6S-. The zero-order valence-corrected chi connectivity index (χ0v) is 11.2. The molecule has 0 aliphatic rings. The number of hydrogen-bond donors (Lipinski definition) is 2. The van der Waals surface area contributed by atoms with Gasteiger partial charge in [0.25, 0.3) is 5.91 Å². The third kappa shape index (κ3) is 3.68. The molecule has 8 nitrogen and oxygen atoms in total. The summed E-state index contributed by atoms with van der Waals surface area (Å²) in [4.78, 5) is 11.7. The van der Waals surface area contributed by atoms with Gasteiger partial charge in [-0.15, -0.1) is 0 Å². The first-order valence-electron chi connectivity index (χ1n) is 5.55. The van der Waals surface area contributed by atoms with Crippen molar-refractivity contribution in [3.63, 3.8) is 0 Å². The number of benzene rings is 1. The summed E-state index contributed by atoms with van der Waals surface area (Å²) in [5.41, 5.74) is 2.14. The minimum atomic E-state index is -4.67. The molecule has 9 heteroatoms. The zero-order valence-electron chi connectivity index (χ0n) is 10.4. The molecule has 21 heavy (non-hydrogen) atoms. The number of aromatic hydroxyl groups is 1. The zero-order chi connectivity index (χ0) is 15.5. The van der Waals surface area contributed by atoms with Crippen LogP contribution in [0.5, 0.6) is 5.75 Å². The highest BCUT2D eigenvalue weighted by Gasteiger charge is 2.09. The molecule has 0 radical (unpaired) electrons. The average Bonchev–Trinajstić information content (AvgIpc) is 2.88. The van der Waals surface area contributed by atoms with Crippen molar-refractivity contribution in [3.8, 4) is 5.75 Å². The summed E-state index contributed by atoms with van der Waals surface area (Å²) in [5.74, 6) is -0.891. The second-order valence-corrected chi connectivity index (χ2v) is 5.14. The number of furan rings is 1. The van der Waals surface area contributed by atoms with E-state index in [1.807, 2.05) is 0 Å². The number of amides is 1. The van der Waals surface area contributed by atoms with Gasteiger partial charge < -0.3 is 14.1 Å². The Kier molecular flexibility index (Phi) is 4.05. The quantitative estimate of drug-likeness (QED) is 0.484. The smallest absolute Gasteiger partial charge is 0.275 e. The summed E-state index contributed by atoms with van der Waals surface area (Å²) >= 11 is 0. The Hall–Kier alpha value is -2.65. The van der Waals surface area contributed by atoms with Gasteiger partial charge in [0.15, 0.2) is 10.1 Å². The van der Waals surface area contributed by atoms with Crippen molar-refractivity contribution in [1.82, 2.24) is 5.43 Å². The fourth-order valence-corrected chi connectivity index (χ4v) is 1.85. The van der Waals surface area contributed by atoms with E-state index in [1.165, 1.54) is 18.2 Å². The Morgan fingerprint density at radius 1 is 1.29 bits per heavy atom. The van der Waals surface area contributed by atoms with Crippen LogP contribution in [0.4, 0.5) is 0 Å². The van der Waals surface area contributed by atoms with Crippen LogP contribution in [0.25, 0.3) is 0 Å². The number of rotatable bonds is 4. The molecule has 1 aromatic heterocycles. The van der Waals surface area contributed by atoms with E-state index < -0.39 is 21.1 Å². The highest BCUT2D eigenvalue weighted by Crippen LogP contribution is 2.15. The van der Waals surface area contributed by atoms with Gasteiger partial charge in [0.05, 0.1) is 11.8 Å². The van der Waals surface area contributed by atoms with Crippen LogP contribution in [0.15, 0.2) is 51.0 Å². The molecule has 0 spiro atoms. The first kappa shape index (κ1) is 14.8. The molecule has 0 atom stereocenters. The van der Waals surface area contributed by atoms with E-state index in [2.05, 4.69) is 10.5 Å². The Balaban J connectivity index is 2.05. The van der Waals surface area contributed by atoms with E-state index in [1.54, 1.807) is 12.1 Å². The van der Waals surface area contributed by atoms with E-state index in [0.29, 0.717) is 0 Å². The van der Waals surface area contributed by atoms with E-state index >= 15 is 0 Å². The number of carbonyl (C=O) groups excluding carboxylic acids is 1. The van der Waals surface area contributed by atoms with Crippen LogP contribution in [0.2, 0.25) is 0 Å². The summed E-state index contributed by atoms with van der Waals surface area (Å²) in [6.07, 6.45) is 1.02. The van der Waals surface area contributed by atoms with E-state index in [0.717, 1.165) is 12.3 Å². The highest BCUT2D eigenvalue weighted by molar-refractivity contribution is 7.85. The number of carbonyl (C=O) groups is 1. The average molecular weight is 309 g/mol. The van der Waals surface area contributed by atoms with Crippen molar-refractivity contribution in [2.24, 2.45) is 5.10 Å². The van der Waals surface area contributed by atoms with Gasteiger partial charge in [-0.25, -0.2) is 13.8 Å². The van der Waals surface area contributed by atoms with Crippen LogP contribution < -0.4 is 5.43 Å². The molecule has 1 amide bonds. The molecule has 2 aromatic rings. The van der Waals surface area contributed by atoms with Crippen LogP contribution in [-0.4, -0.2) is 30.2 Å². The predicted molar refractivity (Wildman–Crippen MR) is 69.8 cm³/mol. The number of hydrazone groups is 1. The van der Waals surface area contributed by atoms with Gasteiger partial charge in [-0.1, -0.05) is 12.1 Å². The lowest BCUT2D eigenvalue weighted by molar-refractivity contribution is 0.0952. The Labute approximate surface area is 119 Å². The van der Waals surface area contributed by atoms with Crippen LogP contribution >= 0.6 is 0 Å². The fourth-order valence-electron chi connectivity index (χ4n) is 1.42. The maximum Gasteiger partial charge on any atom is 0.275 e. The van der Waals surface area contributed by atoms with E-state index in [4.69, 9.17) is 4.42 Å². The lowest BCUT2D eigenvalue weighted by Crippen LogP contribution is -2.17. The SMILES string of the molecule is O=C(NN=Cc1ccc(S(=O)(=O)[O-])o1)c1ccccc1O. The maximum absolute atomic E-state index is 11.7. The number of phenols is 1. The monoisotopic (exact) mass is 309 g/mol.